The largest absolute Gasteiger partial charge is 0.378 e. The zero-order chi connectivity index (χ0) is 12.9. The summed E-state index contributed by atoms with van der Waals surface area (Å²) in [7, 11) is -3.33. The average molecular weight is 369 g/mol. The summed E-state index contributed by atoms with van der Waals surface area (Å²) < 4.78 is 32.1. The minimum Gasteiger partial charge on any atom is -0.378 e. The molecule has 0 aliphatic rings. The second-order valence-electron chi connectivity index (χ2n) is 3.82. The number of hydrogen-bond acceptors (Lipinski definition) is 3. The maximum absolute atomic E-state index is 11.7. The number of para-hydroxylation sites is 1. The summed E-state index contributed by atoms with van der Waals surface area (Å²) in [5.41, 5.74) is 0.609. The van der Waals surface area contributed by atoms with E-state index < -0.39 is 10.0 Å². The van der Waals surface area contributed by atoms with Gasteiger partial charge in [-0.15, -0.1) is 0 Å². The van der Waals surface area contributed by atoms with Gasteiger partial charge in [0.15, 0.2) is 0 Å². The van der Waals surface area contributed by atoms with Crippen LogP contribution in [0.15, 0.2) is 24.3 Å². The molecular weight excluding hydrogens is 353 g/mol. The monoisotopic (exact) mass is 369 g/mol. The Bertz CT molecular complexity index is 460. The molecule has 0 aliphatic carbocycles. The molecule has 4 nitrogen and oxygen atoms in total. The van der Waals surface area contributed by atoms with Crippen molar-refractivity contribution in [3.05, 3.63) is 27.8 Å². The number of halogens is 1. The highest BCUT2D eigenvalue weighted by Gasteiger charge is 2.12. The number of rotatable bonds is 6. The van der Waals surface area contributed by atoms with Crippen LogP contribution < -0.4 is 4.72 Å². The fourth-order valence-electron chi connectivity index (χ4n) is 1.16. The molecule has 1 N–H and O–H groups in total. The van der Waals surface area contributed by atoms with Crippen LogP contribution in [-0.4, -0.2) is 26.9 Å². The second kappa shape index (κ2) is 6.55. The van der Waals surface area contributed by atoms with Crippen molar-refractivity contribution in [2.24, 2.45) is 0 Å². The van der Waals surface area contributed by atoms with Gasteiger partial charge in [-0.25, -0.2) is 8.42 Å². The molecule has 0 radical (unpaired) electrons. The highest BCUT2D eigenvalue weighted by atomic mass is 127. The first-order valence-electron chi connectivity index (χ1n) is 5.27. The van der Waals surface area contributed by atoms with Crippen molar-refractivity contribution in [2.75, 3.05) is 17.1 Å². The van der Waals surface area contributed by atoms with Crippen molar-refractivity contribution in [3.8, 4) is 0 Å². The quantitative estimate of drug-likeness (QED) is 0.784. The van der Waals surface area contributed by atoms with Gasteiger partial charge in [0, 0.05) is 3.57 Å². The topological polar surface area (TPSA) is 55.4 Å². The molecule has 0 spiro atoms. The first kappa shape index (κ1) is 14.7. The molecule has 0 aromatic heterocycles. The third-order valence-corrected chi connectivity index (χ3v) is 4.12. The van der Waals surface area contributed by atoms with Crippen molar-refractivity contribution in [1.82, 2.24) is 0 Å². The average Bonchev–Trinajstić information content (AvgIpc) is 2.20. The summed E-state index contributed by atoms with van der Waals surface area (Å²) in [4.78, 5) is 0. The number of ether oxygens (including phenoxy) is 1. The summed E-state index contributed by atoms with van der Waals surface area (Å²) >= 11 is 2.09. The number of nitrogens with one attached hydrogen (secondary N) is 1. The van der Waals surface area contributed by atoms with E-state index in [0.717, 1.165) is 3.57 Å². The molecule has 17 heavy (non-hydrogen) atoms. The second-order valence-corrected chi connectivity index (χ2v) is 6.82. The predicted octanol–water partition coefficient (Wildman–Crippen LogP) is 2.46. The Morgan fingerprint density at radius 1 is 1.35 bits per heavy atom. The Hall–Kier alpha value is -0.340. The molecule has 0 fully saturated rings. The Balaban J connectivity index is 2.58. The van der Waals surface area contributed by atoms with E-state index in [0.29, 0.717) is 5.69 Å². The van der Waals surface area contributed by atoms with E-state index in [9.17, 15) is 8.42 Å². The third-order valence-electron chi connectivity index (χ3n) is 1.94. The molecule has 0 saturated carbocycles. The van der Waals surface area contributed by atoms with Crippen molar-refractivity contribution >= 4 is 38.3 Å². The normalized spacial score (nSPS) is 11.8. The van der Waals surface area contributed by atoms with Gasteiger partial charge in [-0.2, -0.15) is 0 Å². The Labute approximate surface area is 116 Å². The maximum atomic E-state index is 11.7. The zero-order valence-corrected chi connectivity index (χ0v) is 12.8. The first-order valence-corrected chi connectivity index (χ1v) is 8.00. The fraction of sp³-hybridized carbons (Fsp3) is 0.455. The van der Waals surface area contributed by atoms with Gasteiger partial charge in [0.2, 0.25) is 10.0 Å². The van der Waals surface area contributed by atoms with Crippen LogP contribution in [-0.2, 0) is 14.8 Å². The van der Waals surface area contributed by atoms with Crippen LogP contribution >= 0.6 is 22.6 Å². The van der Waals surface area contributed by atoms with Crippen LogP contribution in [0.2, 0.25) is 0 Å². The standard InChI is InChI=1S/C11H16INO3S/c1-9(2)16-7-8-17(14,15)13-11-6-4-3-5-10(11)12/h3-6,9,13H,7-8H2,1-2H3. The highest BCUT2D eigenvalue weighted by molar-refractivity contribution is 14.1. The smallest absolute Gasteiger partial charge is 0.235 e. The summed E-state index contributed by atoms with van der Waals surface area (Å²) in [6.07, 6.45) is 0.0436. The van der Waals surface area contributed by atoms with Crippen LogP contribution in [0.5, 0.6) is 0 Å². The third kappa shape index (κ3) is 5.69. The number of benzene rings is 1. The predicted molar refractivity (Wildman–Crippen MR) is 77.7 cm³/mol. The first-order chi connectivity index (χ1) is 7.91. The van der Waals surface area contributed by atoms with Crippen LogP contribution in [0, 0.1) is 3.57 Å². The van der Waals surface area contributed by atoms with Crippen molar-refractivity contribution < 1.29 is 13.2 Å². The molecule has 0 aliphatic heterocycles. The molecule has 0 saturated heterocycles. The van der Waals surface area contributed by atoms with Crippen molar-refractivity contribution in [3.63, 3.8) is 0 Å². The van der Waals surface area contributed by atoms with Gasteiger partial charge < -0.3 is 4.74 Å². The summed E-state index contributed by atoms with van der Waals surface area (Å²) in [5.74, 6) is -0.0316. The Morgan fingerprint density at radius 2 is 2.00 bits per heavy atom. The molecule has 1 aromatic rings. The Kier molecular flexibility index (Phi) is 5.68. The lowest BCUT2D eigenvalue weighted by atomic mass is 10.3. The molecular formula is C11H16INO3S. The minimum absolute atomic E-state index is 0.0316. The van der Waals surface area contributed by atoms with Gasteiger partial charge in [-0.3, -0.25) is 4.72 Å². The van der Waals surface area contributed by atoms with Gasteiger partial charge in [0.1, 0.15) is 0 Å². The van der Waals surface area contributed by atoms with Crippen LogP contribution in [0.1, 0.15) is 13.8 Å². The molecule has 0 unspecified atom stereocenters. The van der Waals surface area contributed by atoms with E-state index in [4.69, 9.17) is 4.74 Å². The Morgan fingerprint density at radius 3 is 2.59 bits per heavy atom. The number of anilines is 1. The zero-order valence-electron chi connectivity index (χ0n) is 9.81. The van der Waals surface area contributed by atoms with Crippen molar-refractivity contribution in [2.45, 2.75) is 20.0 Å². The summed E-state index contributed by atoms with van der Waals surface area (Å²) in [6, 6.07) is 7.25. The maximum Gasteiger partial charge on any atom is 0.235 e. The van der Waals surface area contributed by atoms with Gasteiger partial charge in [-0.1, -0.05) is 12.1 Å². The van der Waals surface area contributed by atoms with Crippen LogP contribution in [0.25, 0.3) is 0 Å². The van der Waals surface area contributed by atoms with Crippen LogP contribution in [0.3, 0.4) is 0 Å². The SMILES string of the molecule is CC(C)OCCS(=O)(=O)Nc1ccccc1I. The number of hydrogen-bond donors (Lipinski definition) is 1. The molecule has 96 valence electrons. The lowest BCUT2D eigenvalue weighted by molar-refractivity contribution is 0.0913. The number of sulfonamides is 1. The van der Waals surface area contributed by atoms with E-state index in [1.54, 1.807) is 12.1 Å². The van der Waals surface area contributed by atoms with Gasteiger partial charge >= 0.3 is 0 Å². The van der Waals surface area contributed by atoms with Crippen molar-refractivity contribution in [1.29, 1.82) is 0 Å². The molecule has 0 atom stereocenters. The highest BCUT2D eigenvalue weighted by Crippen LogP contribution is 2.18. The molecule has 0 heterocycles. The van der Waals surface area contributed by atoms with Crippen LogP contribution in [0.4, 0.5) is 5.69 Å². The van der Waals surface area contributed by atoms with E-state index in [-0.39, 0.29) is 18.5 Å². The molecule has 1 rings (SSSR count). The lowest BCUT2D eigenvalue weighted by Crippen LogP contribution is -2.21. The molecule has 0 amide bonds. The molecule has 1 aromatic carbocycles. The molecule has 0 bridgehead atoms. The summed E-state index contributed by atoms with van der Waals surface area (Å²) in [5, 5.41) is 0. The summed E-state index contributed by atoms with van der Waals surface area (Å²) in [6.45, 7) is 3.96. The fourth-order valence-corrected chi connectivity index (χ4v) is 2.79. The van der Waals surface area contributed by atoms with Gasteiger partial charge in [-0.05, 0) is 48.6 Å². The minimum atomic E-state index is -3.33. The van der Waals surface area contributed by atoms with E-state index in [2.05, 4.69) is 27.3 Å². The lowest BCUT2D eigenvalue weighted by Gasteiger charge is -2.11. The van der Waals surface area contributed by atoms with E-state index >= 15 is 0 Å². The van der Waals surface area contributed by atoms with Gasteiger partial charge in [0.25, 0.3) is 0 Å². The molecule has 6 heteroatoms. The van der Waals surface area contributed by atoms with E-state index in [1.807, 2.05) is 26.0 Å². The van der Waals surface area contributed by atoms with E-state index in [1.165, 1.54) is 0 Å². The van der Waals surface area contributed by atoms with Gasteiger partial charge in [0.05, 0.1) is 24.2 Å².